The molecule has 3 rings (SSSR count). The van der Waals surface area contributed by atoms with Crippen LogP contribution in [-0.2, 0) is 14.3 Å². The van der Waals surface area contributed by atoms with Gasteiger partial charge in [-0.3, -0.25) is 4.79 Å². The molecule has 3 saturated heterocycles. The molecule has 100 valence electrons. The summed E-state index contributed by atoms with van der Waals surface area (Å²) in [5.74, 6) is -0.954. The molecule has 3 aliphatic rings. The van der Waals surface area contributed by atoms with Crippen LogP contribution in [0.1, 0.15) is 38.5 Å². The average molecular weight is 253 g/mol. The van der Waals surface area contributed by atoms with Gasteiger partial charge in [0.25, 0.3) is 0 Å². The first-order valence-corrected chi connectivity index (χ1v) is 6.85. The van der Waals surface area contributed by atoms with Gasteiger partial charge in [-0.15, -0.1) is 0 Å². The topological polar surface area (TPSA) is 66.8 Å². The van der Waals surface area contributed by atoms with Crippen molar-refractivity contribution in [3.8, 4) is 0 Å². The van der Waals surface area contributed by atoms with Crippen molar-refractivity contribution in [2.24, 2.45) is 5.92 Å². The summed E-state index contributed by atoms with van der Waals surface area (Å²) < 4.78 is 5.70. The molecule has 18 heavy (non-hydrogen) atoms. The molecule has 0 aromatic rings. The molecule has 0 aromatic carbocycles. The predicted octanol–water partition coefficient (Wildman–Crippen LogP) is 1.02. The number of carboxylic acids is 1. The molecule has 1 N–H and O–H groups in total. The van der Waals surface area contributed by atoms with Gasteiger partial charge in [-0.25, -0.2) is 4.79 Å². The van der Waals surface area contributed by atoms with Crippen molar-refractivity contribution in [3.05, 3.63) is 0 Å². The van der Waals surface area contributed by atoms with Crippen molar-refractivity contribution in [1.82, 2.24) is 4.90 Å². The number of piperidine rings is 1. The van der Waals surface area contributed by atoms with Crippen molar-refractivity contribution >= 4 is 11.9 Å². The van der Waals surface area contributed by atoms with E-state index < -0.39 is 12.0 Å². The van der Waals surface area contributed by atoms with Crippen LogP contribution >= 0.6 is 0 Å². The third kappa shape index (κ3) is 1.90. The molecule has 2 bridgehead atoms. The highest BCUT2D eigenvalue weighted by Crippen LogP contribution is 2.40. The van der Waals surface area contributed by atoms with Crippen molar-refractivity contribution in [2.75, 3.05) is 6.54 Å². The van der Waals surface area contributed by atoms with Crippen molar-refractivity contribution in [2.45, 2.75) is 56.8 Å². The van der Waals surface area contributed by atoms with Gasteiger partial charge in [-0.2, -0.15) is 0 Å². The number of aliphatic carboxylic acids is 1. The molecule has 4 atom stereocenters. The lowest BCUT2D eigenvalue weighted by Crippen LogP contribution is -2.51. The third-order valence-corrected chi connectivity index (χ3v) is 4.49. The zero-order valence-electron chi connectivity index (χ0n) is 10.4. The Balaban J connectivity index is 1.72. The molecule has 0 unspecified atom stereocenters. The number of hydrogen-bond donors (Lipinski definition) is 1. The molecule has 3 heterocycles. The van der Waals surface area contributed by atoms with E-state index in [0.717, 1.165) is 32.1 Å². The minimum atomic E-state index is -0.868. The molecule has 0 spiro atoms. The van der Waals surface area contributed by atoms with Gasteiger partial charge in [0, 0.05) is 6.54 Å². The Labute approximate surface area is 106 Å². The van der Waals surface area contributed by atoms with E-state index in [-0.39, 0.29) is 24.0 Å². The highest BCUT2D eigenvalue weighted by Gasteiger charge is 2.47. The lowest BCUT2D eigenvalue weighted by Gasteiger charge is -2.35. The van der Waals surface area contributed by atoms with Gasteiger partial charge in [-0.05, 0) is 38.5 Å². The van der Waals surface area contributed by atoms with Gasteiger partial charge in [0.2, 0.25) is 5.91 Å². The minimum absolute atomic E-state index is 0.00861. The van der Waals surface area contributed by atoms with Gasteiger partial charge in [0.15, 0.2) is 0 Å². The van der Waals surface area contributed by atoms with E-state index in [9.17, 15) is 14.7 Å². The maximum absolute atomic E-state index is 12.5. The van der Waals surface area contributed by atoms with E-state index in [1.54, 1.807) is 4.90 Å². The Morgan fingerprint density at radius 3 is 2.61 bits per heavy atom. The van der Waals surface area contributed by atoms with Gasteiger partial charge in [0.05, 0.1) is 18.1 Å². The first-order valence-electron chi connectivity index (χ1n) is 6.85. The minimum Gasteiger partial charge on any atom is -0.480 e. The Bertz CT molecular complexity index is 370. The van der Waals surface area contributed by atoms with Crippen LogP contribution in [0.4, 0.5) is 0 Å². The zero-order valence-corrected chi connectivity index (χ0v) is 10.4. The Morgan fingerprint density at radius 2 is 2.00 bits per heavy atom. The molecule has 0 aliphatic carbocycles. The highest BCUT2D eigenvalue weighted by molar-refractivity contribution is 5.86. The van der Waals surface area contributed by atoms with Gasteiger partial charge in [0.1, 0.15) is 6.04 Å². The van der Waals surface area contributed by atoms with Crippen LogP contribution in [0.5, 0.6) is 0 Å². The van der Waals surface area contributed by atoms with E-state index in [4.69, 9.17) is 4.74 Å². The quantitative estimate of drug-likeness (QED) is 0.798. The summed E-state index contributed by atoms with van der Waals surface area (Å²) in [6.45, 7) is 0.587. The van der Waals surface area contributed by atoms with Gasteiger partial charge < -0.3 is 14.7 Å². The van der Waals surface area contributed by atoms with Crippen LogP contribution in [0.2, 0.25) is 0 Å². The fraction of sp³-hybridized carbons (Fsp3) is 0.846. The lowest BCUT2D eigenvalue weighted by molar-refractivity contribution is -0.154. The number of carboxylic acid groups (broad SMARTS) is 1. The number of amides is 1. The number of likely N-dealkylation sites (tertiary alicyclic amines) is 1. The lowest BCUT2D eigenvalue weighted by atomic mass is 9.87. The van der Waals surface area contributed by atoms with Gasteiger partial charge in [-0.1, -0.05) is 0 Å². The number of rotatable bonds is 2. The number of carbonyl (C=O) groups excluding carboxylic acids is 1. The van der Waals surface area contributed by atoms with Crippen LogP contribution in [0.3, 0.4) is 0 Å². The monoisotopic (exact) mass is 253 g/mol. The second-order valence-electron chi connectivity index (χ2n) is 5.60. The zero-order chi connectivity index (χ0) is 12.7. The average Bonchev–Trinajstić information content (AvgIpc) is 3.00. The van der Waals surface area contributed by atoms with E-state index in [1.807, 2.05) is 0 Å². The van der Waals surface area contributed by atoms with Crippen molar-refractivity contribution in [3.63, 3.8) is 0 Å². The predicted molar refractivity (Wildman–Crippen MR) is 63.0 cm³/mol. The second-order valence-corrected chi connectivity index (χ2v) is 5.60. The summed E-state index contributed by atoms with van der Waals surface area (Å²) in [5, 5.41) is 9.21. The van der Waals surface area contributed by atoms with Gasteiger partial charge >= 0.3 is 5.97 Å². The molecule has 0 radical (unpaired) electrons. The molecule has 5 nitrogen and oxygen atoms in total. The SMILES string of the molecule is O=C(O)[C@H]1CCCCN1C(=O)[C@@H]1C[C@H]2CC[C@H]1O2. The summed E-state index contributed by atoms with van der Waals surface area (Å²) in [7, 11) is 0. The first-order chi connectivity index (χ1) is 8.66. The maximum Gasteiger partial charge on any atom is 0.326 e. The molecule has 5 heteroatoms. The van der Waals surface area contributed by atoms with Crippen LogP contribution in [-0.4, -0.2) is 46.7 Å². The van der Waals surface area contributed by atoms with Crippen LogP contribution in [0.25, 0.3) is 0 Å². The molecule has 3 fully saturated rings. The number of carbonyl (C=O) groups is 2. The summed E-state index contributed by atoms with van der Waals surface area (Å²) in [4.78, 5) is 25.3. The second kappa shape index (κ2) is 4.53. The Kier molecular flexibility index (Phi) is 3.01. The van der Waals surface area contributed by atoms with E-state index in [2.05, 4.69) is 0 Å². The van der Waals surface area contributed by atoms with Crippen LogP contribution in [0, 0.1) is 5.92 Å². The van der Waals surface area contributed by atoms with Crippen LogP contribution in [0.15, 0.2) is 0 Å². The number of nitrogens with zero attached hydrogens (tertiary/aromatic N) is 1. The first kappa shape index (κ1) is 12.0. The van der Waals surface area contributed by atoms with E-state index in [0.29, 0.717) is 13.0 Å². The highest BCUT2D eigenvalue weighted by atomic mass is 16.5. The van der Waals surface area contributed by atoms with Crippen molar-refractivity contribution in [1.29, 1.82) is 0 Å². The van der Waals surface area contributed by atoms with Crippen LogP contribution < -0.4 is 0 Å². The Morgan fingerprint density at radius 1 is 1.17 bits per heavy atom. The normalized spacial score (nSPS) is 39.0. The molecular formula is C13H19NO4. The summed E-state index contributed by atoms with van der Waals surface area (Å²) in [6, 6.07) is -0.620. The smallest absolute Gasteiger partial charge is 0.326 e. The maximum atomic E-state index is 12.5. The number of fused-ring (bicyclic) bond motifs is 2. The standard InChI is InChI=1S/C13H19NO4/c15-12(9-7-8-4-5-11(9)18-8)14-6-2-1-3-10(14)13(16)17/h8-11H,1-7H2,(H,16,17)/t8-,9-,10-,11-/m1/s1. The summed E-state index contributed by atoms with van der Waals surface area (Å²) in [6.07, 6.45) is 5.46. The molecule has 3 aliphatic heterocycles. The van der Waals surface area contributed by atoms with E-state index in [1.165, 1.54) is 0 Å². The van der Waals surface area contributed by atoms with Crippen molar-refractivity contribution < 1.29 is 19.4 Å². The molecule has 0 aromatic heterocycles. The fourth-order valence-electron chi connectivity index (χ4n) is 3.56. The number of hydrogen-bond acceptors (Lipinski definition) is 3. The molecular weight excluding hydrogens is 234 g/mol. The summed E-state index contributed by atoms with van der Waals surface area (Å²) in [5.41, 5.74) is 0. The molecule has 0 saturated carbocycles. The largest absolute Gasteiger partial charge is 0.480 e. The fourth-order valence-corrected chi connectivity index (χ4v) is 3.56. The molecule has 1 amide bonds. The third-order valence-electron chi connectivity index (χ3n) is 4.49. The van der Waals surface area contributed by atoms with E-state index >= 15 is 0 Å². The summed E-state index contributed by atoms with van der Waals surface area (Å²) >= 11 is 0. The Hall–Kier alpha value is -1.10. The number of ether oxygens (including phenoxy) is 1.